The number of rotatable bonds is 7. The summed E-state index contributed by atoms with van der Waals surface area (Å²) in [5, 5.41) is 10.6. The fraction of sp³-hybridized carbons (Fsp3) is 0.833. The van der Waals surface area contributed by atoms with Gasteiger partial charge in [0.25, 0.3) is 0 Å². The number of hydrogen-bond donors (Lipinski definition) is 2. The lowest BCUT2D eigenvalue weighted by Crippen LogP contribution is -2.42. The van der Waals surface area contributed by atoms with Crippen molar-refractivity contribution in [3.63, 3.8) is 0 Å². The Morgan fingerprint density at radius 3 is 2.20 bits per heavy atom. The molecule has 1 aliphatic rings. The van der Waals surface area contributed by atoms with E-state index in [2.05, 4.69) is 0 Å². The van der Waals surface area contributed by atoms with Crippen LogP contribution in [0.3, 0.4) is 0 Å². The quantitative estimate of drug-likeness (QED) is 0.710. The fourth-order valence-electron chi connectivity index (χ4n) is 2.56. The third-order valence-corrected chi connectivity index (χ3v) is 3.57. The predicted molar refractivity (Wildman–Crippen MR) is 61.7 cm³/mol. The third kappa shape index (κ3) is 4.64. The topological polar surface area (TPSA) is 66.4 Å². The van der Waals surface area contributed by atoms with Crippen LogP contribution in [0, 0.1) is 5.41 Å². The minimum Gasteiger partial charge on any atom is -0.481 e. The van der Waals surface area contributed by atoms with E-state index in [1.807, 2.05) is 0 Å². The van der Waals surface area contributed by atoms with E-state index in [0.29, 0.717) is 12.8 Å². The molecule has 0 aliphatic heterocycles. The molecule has 2 N–H and O–H groups in total. The lowest BCUT2D eigenvalue weighted by atomic mass is 9.79. The third-order valence-electron chi connectivity index (χ3n) is 3.57. The highest BCUT2D eigenvalue weighted by molar-refractivity contribution is 5.78. The second-order valence-corrected chi connectivity index (χ2v) is 5.29. The van der Waals surface area contributed by atoms with Crippen LogP contribution in [0.1, 0.15) is 38.5 Å². The van der Waals surface area contributed by atoms with Gasteiger partial charge in [-0.05, 0) is 18.3 Å². The Labute approximate surface area is 113 Å². The summed E-state index contributed by atoms with van der Waals surface area (Å²) in [5.74, 6) is -6.14. The number of halogens is 4. The van der Waals surface area contributed by atoms with Crippen molar-refractivity contribution < 1.29 is 32.3 Å². The average Bonchev–Trinajstić information content (AvgIpc) is 2.73. The Balaban J connectivity index is 2.53. The van der Waals surface area contributed by atoms with Crippen LogP contribution in [0.15, 0.2) is 0 Å². The Bertz CT molecular complexity index is 368. The van der Waals surface area contributed by atoms with Crippen LogP contribution in [-0.2, 0) is 9.59 Å². The smallest absolute Gasteiger partial charge is 0.324 e. The van der Waals surface area contributed by atoms with E-state index < -0.39 is 36.2 Å². The van der Waals surface area contributed by atoms with Crippen molar-refractivity contribution in [2.75, 3.05) is 6.54 Å². The monoisotopic (exact) mass is 299 g/mol. The number of carbonyl (C=O) groups is 2. The molecule has 4 nitrogen and oxygen atoms in total. The van der Waals surface area contributed by atoms with E-state index in [1.165, 1.54) is 0 Å². The molecule has 1 fully saturated rings. The minimum absolute atomic E-state index is 0.217. The van der Waals surface area contributed by atoms with Crippen molar-refractivity contribution in [2.24, 2.45) is 5.41 Å². The first-order valence-electron chi connectivity index (χ1n) is 6.31. The highest BCUT2D eigenvalue weighted by Crippen LogP contribution is 2.44. The maximum absolute atomic E-state index is 12.7. The molecule has 0 spiro atoms. The second-order valence-electron chi connectivity index (χ2n) is 5.29. The maximum Gasteiger partial charge on any atom is 0.324 e. The summed E-state index contributed by atoms with van der Waals surface area (Å²) in [6.07, 6.45) is -1.69. The number of carboxylic acid groups (broad SMARTS) is 1. The predicted octanol–water partition coefficient (Wildman–Crippen LogP) is 2.43. The van der Waals surface area contributed by atoms with Gasteiger partial charge in [0.1, 0.15) is 0 Å². The molecule has 1 rings (SSSR count). The molecule has 8 heteroatoms. The standard InChI is InChI=1S/C12H17F4NO3/c13-10(14)12(15,16)7-17-8(18)5-11(6-9(19)20)3-1-2-4-11/h10H,1-7H2,(H,17,18)(H,19,20). The molecule has 1 amide bonds. The van der Waals surface area contributed by atoms with Gasteiger partial charge in [-0.1, -0.05) is 12.8 Å². The van der Waals surface area contributed by atoms with Gasteiger partial charge in [-0.25, -0.2) is 8.78 Å². The number of alkyl halides is 4. The molecule has 20 heavy (non-hydrogen) atoms. The molecular formula is C12H17F4NO3. The Hall–Kier alpha value is -1.34. The van der Waals surface area contributed by atoms with Crippen LogP contribution in [0.2, 0.25) is 0 Å². The van der Waals surface area contributed by atoms with Gasteiger partial charge in [0, 0.05) is 6.42 Å². The fourth-order valence-corrected chi connectivity index (χ4v) is 2.56. The van der Waals surface area contributed by atoms with E-state index in [9.17, 15) is 27.2 Å². The highest BCUT2D eigenvalue weighted by atomic mass is 19.3. The molecule has 0 bridgehead atoms. The van der Waals surface area contributed by atoms with E-state index in [-0.39, 0.29) is 12.8 Å². The number of hydrogen-bond acceptors (Lipinski definition) is 2. The summed E-state index contributed by atoms with van der Waals surface area (Å²) >= 11 is 0. The molecule has 0 aromatic heterocycles. The van der Waals surface area contributed by atoms with Gasteiger partial charge in [-0.2, -0.15) is 8.78 Å². The van der Waals surface area contributed by atoms with E-state index in [0.717, 1.165) is 12.8 Å². The Kier molecular flexibility index (Phi) is 5.35. The van der Waals surface area contributed by atoms with Crippen LogP contribution < -0.4 is 5.32 Å². The number of carbonyl (C=O) groups excluding carboxylic acids is 1. The molecule has 0 heterocycles. The lowest BCUT2D eigenvalue weighted by Gasteiger charge is -2.26. The molecular weight excluding hydrogens is 282 g/mol. The summed E-state index contributed by atoms with van der Waals surface area (Å²) in [6, 6.07) is 0. The van der Waals surface area contributed by atoms with Gasteiger partial charge in [0.05, 0.1) is 13.0 Å². The van der Waals surface area contributed by atoms with Crippen LogP contribution in [0.4, 0.5) is 17.6 Å². The zero-order valence-corrected chi connectivity index (χ0v) is 10.8. The first-order valence-corrected chi connectivity index (χ1v) is 6.31. The molecule has 0 atom stereocenters. The molecule has 0 unspecified atom stereocenters. The molecule has 0 aromatic rings. The Morgan fingerprint density at radius 2 is 1.75 bits per heavy atom. The van der Waals surface area contributed by atoms with Gasteiger partial charge in [0.15, 0.2) is 0 Å². The Morgan fingerprint density at radius 1 is 1.20 bits per heavy atom. The second kappa shape index (κ2) is 6.41. The first kappa shape index (κ1) is 16.7. The number of amides is 1. The van der Waals surface area contributed by atoms with Gasteiger partial charge in [0.2, 0.25) is 5.91 Å². The van der Waals surface area contributed by atoms with Crippen molar-refractivity contribution >= 4 is 11.9 Å². The number of carboxylic acids is 1. The van der Waals surface area contributed by atoms with E-state index in [1.54, 1.807) is 5.32 Å². The van der Waals surface area contributed by atoms with E-state index >= 15 is 0 Å². The van der Waals surface area contributed by atoms with Crippen LogP contribution in [0.25, 0.3) is 0 Å². The van der Waals surface area contributed by atoms with Crippen molar-refractivity contribution in [2.45, 2.75) is 50.9 Å². The van der Waals surface area contributed by atoms with Gasteiger partial charge in [-0.3, -0.25) is 9.59 Å². The number of aliphatic carboxylic acids is 1. The normalized spacial score (nSPS) is 18.2. The summed E-state index contributed by atoms with van der Waals surface area (Å²) in [7, 11) is 0. The van der Waals surface area contributed by atoms with E-state index in [4.69, 9.17) is 5.11 Å². The summed E-state index contributed by atoms with van der Waals surface area (Å²) < 4.78 is 49.2. The van der Waals surface area contributed by atoms with Crippen LogP contribution in [0.5, 0.6) is 0 Å². The molecule has 1 saturated carbocycles. The SMILES string of the molecule is O=C(O)CC1(CC(=O)NCC(F)(F)C(F)F)CCCC1. The van der Waals surface area contributed by atoms with Crippen molar-refractivity contribution in [3.05, 3.63) is 0 Å². The minimum atomic E-state index is -4.27. The van der Waals surface area contributed by atoms with Crippen LogP contribution in [-0.4, -0.2) is 35.9 Å². The van der Waals surface area contributed by atoms with Crippen molar-refractivity contribution in [1.82, 2.24) is 5.32 Å². The molecule has 1 aliphatic carbocycles. The molecule has 116 valence electrons. The first-order chi connectivity index (χ1) is 9.17. The van der Waals surface area contributed by atoms with Gasteiger partial charge >= 0.3 is 18.3 Å². The average molecular weight is 299 g/mol. The largest absolute Gasteiger partial charge is 0.481 e. The van der Waals surface area contributed by atoms with Crippen LogP contribution >= 0.6 is 0 Å². The highest BCUT2D eigenvalue weighted by Gasteiger charge is 2.42. The maximum atomic E-state index is 12.7. The van der Waals surface area contributed by atoms with Gasteiger partial charge in [-0.15, -0.1) is 0 Å². The van der Waals surface area contributed by atoms with Gasteiger partial charge < -0.3 is 10.4 Å². The van der Waals surface area contributed by atoms with Crippen molar-refractivity contribution in [3.8, 4) is 0 Å². The summed E-state index contributed by atoms with van der Waals surface area (Å²) in [5.41, 5.74) is -0.740. The molecule has 0 radical (unpaired) electrons. The number of nitrogens with one attached hydrogen (secondary N) is 1. The zero-order chi connectivity index (χ0) is 15.4. The molecule has 0 saturated heterocycles. The summed E-state index contributed by atoms with van der Waals surface area (Å²) in [6.45, 7) is -1.44. The van der Waals surface area contributed by atoms with Crippen molar-refractivity contribution in [1.29, 1.82) is 0 Å². The zero-order valence-electron chi connectivity index (χ0n) is 10.8. The lowest BCUT2D eigenvalue weighted by molar-refractivity contribution is -0.141. The molecule has 0 aromatic carbocycles. The summed E-state index contributed by atoms with van der Waals surface area (Å²) in [4.78, 5) is 22.4.